The number of ether oxygens (including phenoxy) is 1. The quantitative estimate of drug-likeness (QED) is 0.510. The van der Waals surface area contributed by atoms with Gasteiger partial charge in [0, 0.05) is 31.1 Å². The van der Waals surface area contributed by atoms with Gasteiger partial charge in [0.15, 0.2) is 5.13 Å². The summed E-state index contributed by atoms with van der Waals surface area (Å²) >= 11 is 2.88. The summed E-state index contributed by atoms with van der Waals surface area (Å²) in [5, 5.41) is 0.623. The third kappa shape index (κ3) is 5.37. The van der Waals surface area contributed by atoms with E-state index >= 15 is 0 Å². The van der Waals surface area contributed by atoms with E-state index in [0.29, 0.717) is 22.9 Å². The summed E-state index contributed by atoms with van der Waals surface area (Å²) in [4.78, 5) is 22.9. The number of carbonyl (C=O) groups excluding carboxylic acids is 1. The Morgan fingerprint density at radius 3 is 2.77 bits per heavy atom. The summed E-state index contributed by atoms with van der Waals surface area (Å²) < 4.78 is 19.8. The van der Waals surface area contributed by atoms with Gasteiger partial charge in [0.1, 0.15) is 5.82 Å². The number of thiazole rings is 1. The lowest BCUT2D eigenvalue weighted by Crippen LogP contribution is -2.43. The van der Waals surface area contributed by atoms with Crippen LogP contribution in [0.2, 0.25) is 0 Å². The largest absolute Gasteiger partial charge is 0.379 e. The highest BCUT2D eigenvalue weighted by molar-refractivity contribution is 8.00. The summed E-state index contributed by atoms with van der Waals surface area (Å²) in [5.74, 6) is 0.0448. The number of thioether (sulfide) groups is 1. The molecule has 4 rings (SSSR count). The van der Waals surface area contributed by atoms with Crippen molar-refractivity contribution in [1.82, 2.24) is 9.88 Å². The Morgan fingerprint density at radius 2 is 2.00 bits per heavy atom. The van der Waals surface area contributed by atoms with Crippen LogP contribution in [0.5, 0.6) is 0 Å². The van der Waals surface area contributed by atoms with Gasteiger partial charge in [-0.2, -0.15) is 0 Å². The van der Waals surface area contributed by atoms with Crippen LogP contribution in [0.1, 0.15) is 5.56 Å². The van der Waals surface area contributed by atoms with Gasteiger partial charge in [-0.1, -0.05) is 29.0 Å². The van der Waals surface area contributed by atoms with Crippen LogP contribution in [0.3, 0.4) is 0 Å². The second-order valence-corrected chi connectivity index (χ2v) is 9.27. The second-order valence-electron chi connectivity index (χ2n) is 7.21. The van der Waals surface area contributed by atoms with E-state index in [0.717, 1.165) is 42.4 Å². The van der Waals surface area contributed by atoms with Crippen molar-refractivity contribution in [2.24, 2.45) is 0 Å². The van der Waals surface area contributed by atoms with Crippen LogP contribution in [0, 0.1) is 12.7 Å². The number of rotatable bonds is 7. The number of anilines is 1. The number of benzene rings is 2. The van der Waals surface area contributed by atoms with E-state index in [1.165, 1.54) is 40.8 Å². The monoisotopic (exact) mass is 445 g/mol. The Bertz CT molecular complexity index is 1000. The van der Waals surface area contributed by atoms with E-state index in [-0.39, 0.29) is 11.7 Å². The number of hydrogen-bond donors (Lipinski definition) is 0. The standard InChI is InChI=1S/C22H24FN3O2S2/c1-16-2-5-18(6-3-16)29-15-21(27)26(9-8-25-10-12-28-13-11-25)22-24-19-7-4-17(23)14-20(19)30-22/h2-7,14H,8-13,15H2,1H3. The molecular formula is C22H24FN3O2S2. The minimum absolute atomic E-state index is 0.00774. The van der Waals surface area contributed by atoms with Crippen LogP contribution < -0.4 is 4.90 Å². The maximum absolute atomic E-state index is 13.6. The van der Waals surface area contributed by atoms with Crippen LogP contribution in [0.4, 0.5) is 9.52 Å². The van der Waals surface area contributed by atoms with Crippen molar-refractivity contribution in [1.29, 1.82) is 0 Å². The number of amides is 1. The van der Waals surface area contributed by atoms with Crippen LogP contribution in [0.15, 0.2) is 47.4 Å². The molecule has 158 valence electrons. The molecule has 0 N–H and O–H groups in total. The number of halogens is 1. The molecule has 0 saturated carbocycles. The van der Waals surface area contributed by atoms with Crippen molar-refractivity contribution < 1.29 is 13.9 Å². The van der Waals surface area contributed by atoms with Gasteiger partial charge in [-0.05, 0) is 37.3 Å². The lowest BCUT2D eigenvalue weighted by atomic mass is 10.2. The highest BCUT2D eigenvalue weighted by Gasteiger charge is 2.22. The van der Waals surface area contributed by atoms with Crippen LogP contribution in [0.25, 0.3) is 10.2 Å². The van der Waals surface area contributed by atoms with E-state index in [2.05, 4.69) is 9.88 Å². The lowest BCUT2D eigenvalue weighted by Gasteiger charge is -2.29. The molecule has 1 amide bonds. The molecule has 0 unspecified atom stereocenters. The highest BCUT2D eigenvalue weighted by atomic mass is 32.2. The van der Waals surface area contributed by atoms with Crippen LogP contribution >= 0.6 is 23.1 Å². The zero-order valence-electron chi connectivity index (χ0n) is 16.8. The van der Waals surface area contributed by atoms with Crippen molar-refractivity contribution in [2.45, 2.75) is 11.8 Å². The molecule has 5 nitrogen and oxygen atoms in total. The Balaban J connectivity index is 1.50. The molecule has 2 heterocycles. The second kappa shape index (κ2) is 9.87. The first kappa shape index (κ1) is 21.2. The molecule has 1 aliphatic rings. The summed E-state index contributed by atoms with van der Waals surface area (Å²) in [6, 6.07) is 12.7. The Morgan fingerprint density at radius 1 is 1.23 bits per heavy atom. The number of nitrogens with zero attached hydrogens (tertiary/aromatic N) is 3. The van der Waals surface area contributed by atoms with Gasteiger partial charge in [0.05, 0.1) is 29.2 Å². The van der Waals surface area contributed by atoms with E-state index in [1.807, 2.05) is 31.2 Å². The fourth-order valence-corrected chi connectivity index (χ4v) is 5.06. The van der Waals surface area contributed by atoms with Crippen molar-refractivity contribution in [3.05, 3.63) is 53.8 Å². The Labute approximate surface area is 183 Å². The molecule has 1 aromatic heterocycles. The molecular weight excluding hydrogens is 421 g/mol. The average molecular weight is 446 g/mol. The van der Waals surface area contributed by atoms with E-state index in [9.17, 15) is 9.18 Å². The minimum Gasteiger partial charge on any atom is -0.379 e. The molecule has 8 heteroatoms. The molecule has 30 heavy (non-hydrogen) atoms. The van der Waals surface area contributed by atoms with E-state index in [1.54, 1.807) is 11.0 Å². The third-order valence-electron chi connectivity index (χ3n) is 5.00. The summed E-state index contributed by atoms with van der Waals surface area (Å²) in [6.45, 7) is 6.53. The van der Waals surface area contributed by atoms with Gasteiger partial charge in [-0.15, -0.1) is 11.8 Å². The van der Waals surface area contributed by atoms with Gasteiger partial charge in [0.2, 0.25) is 5.91 Å². The maximum Gasteiger partial charge on any atom is 0.239 e. The van der Waals surface area contributed by atoms with Gasteiger partial charge in [-0.3, -0.25) is 14.6 Å². The molecule has 0 atom stereocenters. The number of morpholine rings is 1. The van der Waals surface area contributed by atoms with Crippen molar-refractivity contribution in [2.75, 3.05) is 50.0 Å². The number of aryl methyl sites for hydroxylation is 1. The zero-order valence-corrected chi connectivity index (χ0v) is 18.5. The Kier molecular flexibility index (Phi) is 6.99. The topological polar surface area (TPSA) is 45.7 Å². The maximum atomic E-state index is 13.6. The predicted molar refractivity (Wildman–Crippen MR) is 121 cm³/mol. The molecule has 0 aliphatic carbocycles. The van der Waals surface area contributed by atoms with Crippen molar-refractivity contribution >= 4 is 44.4 Å². The van der Waals surface area contributed by atoms with Gasteiger partial charge in [-0.25, -0.2) is 9.37 Å². The zero-order chi connectivity index (χ0) is 20.9. The smallest absolute Gasteiger partial charge is 0.239 e. The first-order valence-corrected chi connectivity index (χ1v) is 11.7. The summed E-state index contributed by atoms with van der Waals surface area (Å²) in [7, 11) is 0. The summed E-state index contributed by atoms with van der Waals surface area (Å²) in [6.07, 6.45) is 0. The van der Waals surface area contributed by atoms with Crippen molar-refractivity contribution in [3.63, 3.8) is 0 Å². The third-order valence-corrected chi connectivity index (χ3v) is 7.04. The molecule has 2 aromatic carbocycles. The normalized spacial score (nSPS) is 14.9. The van der Waals surface area contributed by atoms with Crippen LogP contribution in [-0.4, -0.2) is 60.9 Å². The first-order chi connectivity index (χ1) is 14.6. The predicted octanol–water partition coefficient (Wildman–Crippen LogP) is 4.20. The number of carbonyl (C=O) groups is 1. The van der Waals surface area contributed by atoms with E-state index in [4.69, 9.17) is 4.74 Å². The molecule has 3 aromatic rings. The van der Waals surface area contributed by atoms with Crippen molar-refractivity contribution in [3.8, 4) is 0 Å². The van der Waals surface area contributed by atoms with Gasteiger partial charge < -0.3 is 4.74 Å². The molecule has 1 fully saturated rings. The van der Waals surface area contributed by atoms with Crippen LogP contribution in [-0.2, 0) is 9.53 Å². The fraction of sp³-hybridized carbons (Fsp3) is 0.364. The van der Waals surface area contributed by atoms with Gasteiger partial charge >= 0.3 is 0 Å². The fourth-order valence-electron chi connectivity index (χ4n) is 3.25. The Hall–Kier alpha value is -2.00. The highest BCUT2D eigenvalue weighted by Crippen LogP contribution is 2.30. The SMILES string of the molecule is Cc1ccc(SCC(=O)N(CCN2CCOCC2)c2nc3ccc(F)cc3s2)cc1. The molecule has 0 bridgehead atoms. The first-order valence-electron chi connectivity index (χ1n) is 9.94. The minimum atomic E-state index is -0.293. The van der Waals surface area contributed by atoms with Gasteiger partial charge in [0.25, 0.3) is 0 Å². The summed E-state index contributed by atoms with van der Waals surface area (Å²) in [5.41, 5.74) is 1.91. The lowest BCUT2D eigenvalue weighted by molar-refractivity contribution is -0.116. The molecule has 0 radical (unpaired) electrons. The number of aromatic nitrogens is 1. The molecule has 1 aliphatic heterocycles. The molecule has 1 saturated heterocycles. The number of hydrogen-bond acceptors (Lipinski definition) is 6. The average Bonchev–Trinajstić information content (AvgIpc) is 3.17. The molecule has 0 spiro atoms. The number of fused-ring (bicyclic) bond motifs is 1. The van der Waals surface area contributed by atoms with E-state index < -0.39 is 0 Å².